The van der Waals surface area contributed by atoms with Crippen LogP contribution in [-0.2, 0) is 0 Å². The maximum atomic E-state index is 5.84. The molecule has 0 saturated heterocycles. The molecule has 3 rings (SSSR count). The lowest BCUT2D eigenvalue weighted by atomic mass is 10.2. The summed E-state index contributed by atoms with van der Waals surface area (Å²) in [6.07, 6.45) is 5.73. The van der Waals surface area contributed by atoms with E-state index in [1.165, 1.54) is 0 Å². The standard InChI is InChI=1S/C14H11ClN4/c15-11-6-3-10(4-7-11)5-8-13-17-18-14-12(16)2-1-9-19(13)14/h1-9H,16H2/b8-5+. The van der Waals surface area contributed by atoms with Crippen molar-refractivity contribution in [3.63, 3.8) is 0 Å². The van der Waals surface area contributed by atoms with Gasteiger partial charge >= 0.3 is 0 Å². The van der Waals surface area contributed by atoms with Crippen molar-refractivity contribution >= 4 is 35.1 Å². The van der Waals surface area contributed by atoms with Crippen LogP contribution in [0.4, 0.5) is 5.69 Å². The Kier molecular flexibility index (Phi) is 2.93. The van der Waals surface area contributed by atoms with Gasteiger partial charge in [-0.3, -0.25) is 4.40 Å². The van der Waals surface area contributed by atoms with Crippen molar-refractivity contribution in [2.24, 2.45) is 0 Å². The summed E-state index contributed by atoms with van der Waals surface area (Å²) in [6.45, 7) is 0. The van der Waals surface area contributed by atoms with E-state index in [1.54, 1.807) is 6.07 Å². The molecule has 3 aromatic rings. The number of nitrogen functional groups attached to an aromatic ring is 1. The minimum atomic E-state index is 0.612. The van der Waals surface area contributed by atoms with Crippen LogP contribution in [0.2, 0.25) is 5.02 Å². The highest BCUT2D eigenvalue weighted by Crippen LogP contribution is 2.15. The average Bonchev–Trinajstić information content (AvgIpc) is 2.83. The summed E-state index contributed by atoms with van der Waals surface area (Å²) in [4.78, 5) is 0. The maximum Gasteiger partial charge on any atom is 0.184 e. The number of hydrogen-bond acceptors (Lipinski definition) is 3. The van der Waals surface area contributed by atoms with E-state index >= 15 is 0 Å². The van der Waals surface area contributed by atoms with Gasteiger partial charge in [-0.1, -0.05) is 29.8 Å². The predicted molar refractivity (Wildman–Crippen MR) is 77.8 cm³/mol. The van der Waals surface area contributed by atoms with Gasteiger partial charge in [0.1, 0.15) is 0 Å². The monoisotopic (exact) mass is 270 g/mol. The van der Waals surface area contributed by atoms with Crippen molar-refractivity contribution in [3.05, 3.63) is 59.0 Å². The Labute approximate surface area is 115 Å². The number of hydrogen-bond donors (Lipinski definition) is 1. The zero-order chi connectivity index (χ0) is 13.2. The second-order valence-electron chi connectivity index (χ2n) is 4.10. The molecule has 0 aliphatic rings. The molecule has 0 radical (unpaired) electrons. The van der Waals surface area contributed by atoms with Gasteiger partial charge in [0, 0.05) is 11.2 Å². The van der Waals surface area contributed by atoms with Crippen molar-refractivity contribution in [1.29, 1.82) is 0 Å². The molecule has 0 atom stereocenters. The predicted octanol–water partition coefficient (Wildman–Crippen LogP) is 3.14. The first-order valence-electron chi connectivity index (χ1n) is 5.77. The fourth-order valence-electron chi connectivity index (χ4n) is 1.81. The Bertz CT molecular complexity index is 744. The van der Waals surface area contributed by atoms with E-state index in [2.05, 4.69) is 10.2 Å². The molecule has 4 nitrogen and oxygen atoms in total. The Morgan fingerprint density at radius 1 is 1.05 bits per heavy atom. The Hall–Kier alpha value is -2.33. The van der Waals surface area contributed by atoms with Crippen molar-refractivity contribution in [1.82, 2.24) is 14.6 Å². The van der Waals surface area contributed by atoms with Gasteiger partial charge in [-0.05, 0) is 35.9 Å². The Morgan fingerprint density at radius 2 is 1.84 bits per heavy atom. The third kappa shape index (κ3) is 2.30. The summed E-state index contributed by atoms with van der Waals surface area (Å²) in [5.74, 6) is 0.734. The zero-order valence-electron chi connectivity index (χ0n) is 9.99. The number of nitrogens with two attached hydrogens (primary N) is 1. The first-order valence-corrected chi connectivity index (χ1v) is 6.15. The van der Waals surface area contributed by atoms with Gasteiger partial charge in [-0.25, -0.2) is 0 Å². The molecule has 2 heterocycles. The average molecular weight is 271 g/mol. The van der Waals surface area contributed by atoms with Gasteiger partial charge in [0.05, 0.1) is 5.69 Å². The lowest BCUT2D eigenvalue weighted by Gasteiger charge is -1.97. The van der Waals surface area contributed by atoms with Crippen LogP contribution in [-0.4, -0.2) is 14.6 Å². The van der Waals surface area contributed by atoms with Crippen LogP contribution in [0.3, 0.4) is 0 Å². The molecule has 0 fully saturated rings. The Morgan fingerprint density at radius 3 is 2.63 bits per heavy atom. The van der Waals surface area contributed by atoms with E-state index in [1.807, 2.05) is 53.1 Å². The molecule has 19 heavy (non-hydrogen) atoms. The molecule has 5 heteroatoms. The molecular formula is C14H11ClN4. The van der Waals surface area contributed by atoms with Gasteiger partial charge in [0.25, 0.3) is 0 Å². The lowest BCUT2D eigenvalue weighted by molar-refractivity contribution is 1.08. The van der Waals surface area contributed by atoms with Crippen LogP contribution in [0.15, 0.2) is 42.6 Å². The first kappa shape index (κ1) is 11.7. The van der Waals surface area contributed by atoms with E-state index in [9.17, 15) is 0 Å². The van der Waals surface area contributed by atoms with Crippen LogP contribution in [0.5, 0.6) is 0 Å². The first-order chi connectivity index (χ1) is 9.24. The third-order valence-corrected chi connectivity index (χ3v) is 3.04. The lowest BCUT2D eigenvalue weighted by Crippen LogP contribution is -1.92. The van der Waals surface area contributed by atoms with Crippen molar-refractivity contribution in [2.45, 2.75) is 0 Å². The summed E-state index contributed by atoms with van der Waals surface area (Å²) in [7, 11) is 0. The van der Waals surface area contributed by atoms with Crippen LogP contribution < -0.4 is 5.73 Å². The fraction of sp³-hybridized carbons (Fsp3) is 0. The van der Waals surface area contributed by atoms with Crippen LogP contribution in [0.1, 0.15) is 11.4 Å². The number of aromatic nitrogens is 3. The van der Waals surface area contributed by atoms with Crippen molar-refractivity contribution in [2.75, 3.05) is 5.73 Å². The SMILES string of the molecule is Nc1cccn2c(/C=C/c3ccc(Cl)cc3)nnc12. The summed E-state index contributed by atoms with van der Waals surface area (Å²) in [5, 5.41) is 8.89. The number of fused-ring (bicyclic) bond motifs is 1. The second kappa shape index (κ2) is 4.74. The highest BCUT2D eigenvalue weighted by Gasteiger charge is 2.03. The highest BCUT2D eigenvalue weighted by molar-refractivity contribution is 6.30. The molecule has 0 spiro atoms. The smallest absolute Gasteiger partial charge is 0.184 e. The largest absolute Gasteiger partial charge is 0.396 e. The Balaban J connectivity index is 1.97. The molecule has 94 valence electrons. The minimum Gasteiger partial charge on any atom is -0.396 e. The van der Waals surface area contributed by atoms with E-state index < -0.39 is 0 Å². The number of halogens is 1. The third-order valence-electron chi connectivity index (χ3n) is 2.79. The normalized spacial score (nSPS) is 11.4. The summed E-state index contributed by atoms with van der Waals surface area (Å²) < 4.78 is 1.85. The number of nitrogens with zero attached hydrogens (tertiary/aromatic N) is 3. The number of benzene rings is 1. The van der Waals surface area contributed by atoms with Gasteiger partial charge in [0.2, 0.25) is 0 Å². The van der Waals surface area contributed by atoms with E-state index in [0.29, 0.717) is 11.3 Å². The molecule has 2 aromatic heterocycles. The number of anilines is 1. The van der Waals surface area contributed by atoms with Crippen LogP contribution in [0.25, 0.3) is 17.8 Å². The second-order valence-corrected chi connectivity index (χ2v) is 4.54. The van der Waals surface area contributed by atoms with Crippen LogP contribution >= 0.6 is 11.6 Å². The van der Waals surface area contributed by atoms with Crippen molar-refractivity contribution in [3.8, 4) is 0 Å². The molecular weight excluding hydrogens is 260 g/mol. The number of rotatable bonds is 2. The molecule has 2 N–H and O–H groups in total. The van der Waals surface area contributed by atoms with Gasteiger partial charge < -0.3 is 5.73 Å². The fourth-order valence-corrected chi connectivity index (χ4v) is 1.94. The molecule has 0 saturated carbocycles. The molecule has 0 unspecified atom stereocenters. The van der Waals surface area contributed by atoms with Crippen LogP contribution in [0, 0.1) is 0 Å². The molecule has 0 aliphatic heterocycles. The number of pyridine rings is 1. The highest BCUT2D eigenvalue weighted by atomic mass is 35.5. The summed E-state index contributed by atoms with van der Waals surface area (Å²) in [5.41, 5.74) is 8.15. The molecule has 0 aliphatic carbocycles. The van der Waals surface area contributed by atoms with Gasteiger partial charge in [0.15, 0.2) is 11.5 Å². The van der Waals surface area contributed by atoms with Gasteiger partial charge in [-0.2, -0.15) is 0 Å². The van der Waals surface area contributed by atoms with Crippen molar-refractivity contribution < 1.29 is 0 Å². The maximum absolute atomic E-state index is 5.84. The minimum absolute atomic E-state index is 0.612. The topological polar surface area (TPSA) is 56.2 Å². The zero-order valence-corrected chi connectivity index (χ0v) is 10.7. The molecule has 0 amide bonds. The van der Waals surface area contributed by atoms with E-state index in [4.69, 9.17) is 17.3 Å². The summed E-state index contributed by atoms with van der Waals surface area (Å²) >= 11 is 5.84. The van der Waals surface area contributed by atoms with Gasteiger partial charge in [-0.15, -0.1) is 10.2 Å². The molecule has 1 aromatic carbocycles. The summed E-state index contributed by atoms with van der Waals surface area (Å²) in [6, 6.07) is 11.2. The van der Waals surface area contributed by atoms with E-state index in [-0.39, 0.29) is 0 Å². The quantitative estimate of drug-likeness (QED) is 0.778. The molecule has 0 bridgehead atoms. The van der Waals surface area contributed by atoms with E-state index in [0.717, 1.165) is 16.4 Å².